The van der Waals surface area contributed by atoms with Crippen LogP contribution in [-0.4, -0.2) is 25.3 Å². The maximum Gasteiger partial charge on any atom is 0.0672 e. The van der Waals surface area contributed by atoms with Crippen LogP contribution in [0.15, 0.2) is 30.3 Å². The fraction of sp³-hybridized carbons (Fsp3) is 0.500. The van der Waals surface area contributed by atoms with Crippen LogP contribution in [0.1, 0.15) is 12.5 Å². The molecule has 0 bridgehead atoms. The summed E-state index contributed by atoms with van der Waals surface area (Å²) in [6.07, 6.45) is 1.43. The van der Waals surface area contributed by atoms with Gasteiger partial charge in [0.2, 0.25) is 0 Å². The highest BCUT2D eigenvalue weighted by Crippen LogP contribution is 2.07. The van der Waals surface area contributed by atoms with Gasteiger partial charge in [0.15, 0.2) is 0 Å². The first kappa shape index (κ1) is 9.69. The number of nitrogens with one attached hydrogen (secondary N) is 1. The van der Waals surface area contributed by atoms with Gasteiger partial charge in [-0.1, -0.05) is 30.3 Å². The summed E-state index contributed by atoms with van der Waals surface area (Å²) in [5, 5.41) is 3.49. The average molecular weight is 191 g/mol. The Morgan fingerprint density at radius 3 is 2.79 bits per heavy atom. The molecule has 2 nitrogen and oxygen atoms in total. The molecule has 1 N–H and O–H groups in total. The Hall–Kier alpha value is -0.860. The summed E-state index contributed by atoms with van der Waals surface area (Å²) in [6.45, 7) is 3.90. The number of morpholine rings is 1. The highest BCUT2D eigenvalue weighted by atomic mass is 16.5. The van der Waals surface area contributed by atoms with Crippen LogP contribution < -0.4 is 5.32 Å². The second-order valence-electron chi connectivity index (χ2n) is 3.94. The van der Waals surface area contributed by atoms with Crippen LogP contribution >= 0.6 is 0 Å². The monoisotopic (exact) mass is 191 g/mol. The van der Waals surface area contributed by atoms with E-state index in [1.165, 1.54) is 5.56 Å². The number of hydrogen-bond donors (Lipinski definition) is 1. The van der Waals surface area contributed by atoms with Crippen molar-refractivity contribution in [1.82, 2.24) is 5.32 Å². The van der Waals surface area contributed by atoms with Crippen molar-refractivity contribution < 1.29 is 4.74 Å². The summed E-state index contributed by atoms with van der Waals surface area (Å²) >= 11 is 0. The fourth-order valence-corrected chi connectivity index (χ4v) is 1.76. The molecule has 0 aromatic heterocycles. The second kappa shape index (κ2) is 4.58. The first-order valence-electron chi connectivity index (χ1n) is 5.23. The van der Waals surface area contributed by atoms with Crippen LogP contribution in [0, 0.1) is 0 Å². The first-order chi connectivity index (χ1) is 6.84. The molecule has 0 spiro atoms. The van der Waals surface area contributed by atoms with Gasteiger partial charge in [-0.05, 0) is 18.9 Å². The van der Waals surface area contributed by atoms with E-state index < -0.39 is 0 Å². The highest BCUT2D eigenvalue weighted by Gasteiger charge is 2.17. The van der Waals surface area contributed by atoms with Crippen molar-refractivity contribution in [3.63, 3.8) is 0 Å². The van der Waals surface area contributed by atoms with Gasteiger partial charge in [-0.25, -0.2) is 0 Å². The molecule has 0 radical (unpaired) electrons. The molecule has 14 heavy (non-hydrogen) atoms. The molecular formula is C12H17NO. The van der Waals surface area contributed by atoms with Gasteiger partial charge in [-0.15, -0.1) is 0 Å². The van der Waals surface area contributed by atoms with Gasteiger partial charge in [-0.2, -0.15) is 0 Å². The van der Waals surface area contributed by atoms with E-state index in [9.17, 15) is 0 Å². The molecule has 1 aromatic rings. The minimum atomic E-state index is 0.363. The standard InChI is InChI=1S/C12H17NO/c1-10-8-13-12(9-14-10)7-11-5-3-2-4-6-11/h2-6,10,12-13H,7-9H2,1H3/t10-,12+/m0/s1. The molecule has 1 aliphatic rings. The quantitative estimate of drug-likeness (QED) is 0.766. The van der Waals surface area contributed by atoms with Gasteiger partial charge in [0.05, 0.1) is 12.7 Å². The van der Waals surface area contributed by atoms with Gasteiger partial charge in [0.25, 0.3) is 0 Å². The summed E-state index contributed by atoms with van der Waals surface area (Å²) in [7, 11) is 0. The van der Waals surface area contributed by atoms with Crippen molar-refractivity contribution >= 4 is 0 Å². The Balaban J connectivity index is 1.87. The fourth-order valence-electron chi connectivity index (χ4n) is 1.76. The summed E-state index contributed by atoms with van der Waals surface area (Å²) in [5.74, 6) is 0. The molecule has 2 heteroatoms. The SMILES string of the molecule is C[C@H]1CN[C@H](Cc2ccccc2)CO1. The lowest BCUT2D eigenvalue weighted by Gasteiger charge is -2.28. The Bertz CT molecular complexity index is 265. The van der Waals surface area contributed by atoms with Crippen molar-refractivity contribution in [1.29, 1.82) is 0 Å². The van der Waals surface area contributed by atoms with E-state index in [-0.39, 0.29) is 0 Å². The van der Waals surface area contributed by atoms with E-state index in [0.29, 0.717) is 12.1 Å². The third kappa shape index (κ3) is 2.56. The predicted molar refractivity (Wildman–Crippen MR) is 57.4 cm³/mol. The Morgan fingerprint density at radius 1 is 1.36 bits per heavy atom. The van der Waals surface area contributed by atoms with E-state index in [2.05, 4.69) is 42.6 Å². The van der Waals surface area contributed by atoms with Gasteiger partial charge in [0.1, 0.15) is 0 Å². The summed E-state index contributed by atoms with van der Waals surface area (Å²) in [4.78, 5) is 0. The molecule has 2 rings (SSSR count). The molecule has 0 unspecified atom stereocenters. The Labute approximate surface area is 85.3 Å². The van der Waals surface area contributed by atoms with Crippen LogP contribution in [0.25, 0.3) is 0 Å². The highest BCUT2D eigenvalue weighted by molar-refractivity contribution is 5.16. The first-order valence-corrected chi connectivity index (χ1v) is 5.23. The zero-order chi connectivity index (χ0) is 9.80. The lowest BCUT2D eigenvalue weighted by molar-refractivity contribution is 0.0155. The molecule has 1 aromatic carbocycles. The van der Waals surface area contributed by atoms with E-state index in [4.69, 9.17) is 4.74 Å². The van der Waals surface area contributed by atoms with Crippen LogP contribution in [0.3, 0.4) is 0 Å². The number of hydrogen-bond acceptors (Lipinski definition) is 2. The maximum absolute atomic E-state index is 5.60. The van der Waals surface area contributed by atoms with Crippen molar-refractivity contribution in [3.8, 4) is 0 Å². The largest absolute Gasteiger partial charge is 0.376 e. The van der Waals surface area contributed by atoms with Gasteiger partial charge in [-0.3, -0.25) is 0 Å². The minimum absolute atomic E-state index is 0.363. The van der Waals surface area contributed by atoms with Gasteiger partial charge < -0.3 is 10.1 Å². The molecule has 1 saturated heterocycles. The molecule has 2 atom stereocenters. The molecule has 0 amide bonds. The molecule has 0 aliphatic carbocycles. The van der Waals surface area contributed by atoms with E-state index >= 15 is 0 Å². The topological polar surface area (TPSA) is 21.3 Å². The lowest BCUT2D eigenvalue weighted by Crippen LogP contribution is -2.46. The molecule has 1 fully saturated rings. The van der Waals surface area contributed by atoms with Crippen LogP contribution in [0.2, 0.25) is 0 Å². The molecule has 76 valence electrons. The van der Waals surface area contributed by atoms with Crippen molar-refractivity contribution in [2.75, 3.05) is 13.2 Å². The zero-order valence-corrected chi connectivity index (χ0v) is 8.57. The summed E-state index contributed by atoms with van der Waals surface area (Å²) in [5.41, 5.74) is 1.38. The van der Waals surface area contributed by atoms with E-state index in [1.807, 2.05) is 0 Å². The van der Waals surface area contributed by atoms with Crippen LogP contribution in [0.4, 0.5) is 0 Å². The van der Waals surface area contributed by atoms with Gasteiger partial charge in [0, 0.05) is 12.6 Å². The molecule has 0 saturated carbocycles. The van der Waals surface area contributed by atoms with Crippen molar-refractivity contribution in [2.45, 2.75) is 25.5 Å². The predicted octanol–water partition coefficient (Wildman–Crippen LogP) is 1.61. The zero-order valence-electron chi connectivity index (χ0n) is 8.57. The Kier molecular flexibility index (Phi) is 3.17. The summed E-state index contributed by atoms with van der Waals surface area (Å²) < 4.78 is 5.60. The molecule has 1 aliphatic heterocycles. The maximum atomic E-state index is 5.60. The normalized spacial score (nSPS) is 27.5. The smallest absolute Gasteiger partial charge is 0.0672 e. The molecular weight excluding hydrogens is 174 g/mol. The molecule has 1 heterocycles. The van der Waals surface area contributed by atoms with E-state index in [1.54, 1.807) is 0 Å². The van der Waals surface area contributed by atoms with Crippen molar-refractivity contribution in [3.05, 3.63) is 35.9 Å². The number of ether oxygens (including phenoxy) is 1. The van der Waals surface area contributed by atoms with Crippen molar-refractivity contribution in [2.24, 2.45) is 0 Å². The second-order valence-corrected chi connectivity index (χ2v) is 3.94. The van der Waals surface area contributed by atoms with Gasteiger partial charge >= 0.3 is 0 Å². The minimum Gasteiger partial charge on any atom is -0.376 e. The third-order valence-electron chi connectivity index (χ3n) is 2.60. The van der Waals surface area contributed by atoms with Crippen LogP contribution in [-0.2, 0) is 11.2 Å². The summed E-state index contributed by atoms with van der Waals surface area (Å²) in [6, 6.07) is 11.0. The average Bonchev–Trinajstić information content (AvgIpc) is 2.23. The third-order valence-corrected chi connectivity index (χ3v) is 2.60. The van der Waals surface area contributed by atoms with Crippen LogP contribution in [0.5, 0.6) is 0 Å². The Morgan fingerprint density at radius 2 is 2.14 bits per heavy atom. The lowest BCUT2D eigenvalue weighted by atomic mass is 10.1. The number of benzene rings is 1. The number of rotatable bonds is 2. The van der Waals surface area contributed by atoms with E-state index in [0.717, 1.165) is 19.6 Å².